The molecule has 1 aliphatic rings. The molecule has 4 nitrogen and oxygen atoms in total. The maximum Gasteiger partial charge on any atom is 0.203 e. The first-order valence-corrected chi connectivity index (χ1v) is 6.33. The van der Waals surface area contributed by atoms with Crippen molar-refractivity contribution in [3.05, 3.63) is 28.7 Å². The van der Waals surface area contributed by atoms with Crippen molar-refractivity contribution in [2.45, 2.75) is 11.3 Å². The van der Waals surface area contributed by atoms with Crippen LogP contribution in [0, 0.1) is 0 Å². The Kier molecular flexibility index (Phi) is 2.73. The second-order valence-electron chi connectivity index (χ2n) is 3.46. The summed E-state index contributed by atoms with van der Waals surface area (Å²) in [6.07, 6.45) is 1.71. The molecule has 1 aromatic rings. The number of hydrogen-bond acceptors (Lipinski definition) is 4. The van der Waals surface area contributed by atoms with E-state index >= 15 is 0 Å². The number of aliphatic hydroxyl groups excluding tert-OH is 1. The van der Waals surface area contributed by atoms with E-state index in [4.69, 9.17) is 9.84 Å². The van der Waals surface area contributed by atoms with Crippen molar-refractivity contribution in [3.8, 4) is 5.75 Å². The highest BCUT2D eigenvalue weighted by molar-refractivity contribution is 7.95. The zero-order chi connectivity index (χ0) is 11.8. The van der Waals surface area contributed by atoms with Gasteiger partial charge in [-0.15, -0.1) is 0 Å². The van der Waals surface area contributed by atoms with E-state index in [9.17, 15) is 8.42 Å². The smallest absolute Gasteiger partial charge is 0.203 e. The molecule has 0 radical (unpaired) electrons. The first-order valence-electron chi connectivity index (χ1n) is 4.85. The van der Waals surface area contributed by atoms with Crippen LogP contribution in [0.2, 0.25) is 0 Å². The van der Waals surface area contributed by atoms with Gasteiger partial charge in [0.05, 0.1) is 16.9 Å². The normalized spacial score (nSPS) is 16.8. The summed E-state index contributed by atoms with van der Waals surface area (Å²) in [6.45, 7) is -0.179. The lowest BCUT2D eigenvalue weighted by atomic mass is 10.2. The van der Waals surface area contributed by atoms with Gasteiger partial charge in [-0.1, -0.05) is 6.07 Å². The number of sulfone groups is 1. The molecule has 1 N–H and O–H groups in total. The maximum atomic E-state index is 12.0. The van der Waals surface area contributed by atoms with Gasteiger partial charge in [0.1, 0.15) is 5.75 Å². The van der Waals surface area contributed by atoms with Gasteiger partial charge in [0.25, 0.3) is 0 Å². The van der Waals surface area contributed by atoms with Gasteiger partial charge in [-0.2, -0.15) is 0 Å². The van der Waals surface area contributed by atoms with Gasteiger partial charge in [0.15, 0.2) is 0 Å². The van der Waals surface area contributed by atoms with Crippen LogP contribution in [0.5, 0.6) is 5.75 Å². The molecule has 0 aromatic heterocycles. The van der Waals surface area contributed by atoms with Gasteiger partial charge < -0.3 is 9.84 Å². The third kappa shape index (κ3) is 1.52. The van der Waals surface area contributed by atoms with Crippen LogP contribution in [-0.4, -0.2) is 27.2 Å². The minimum atomic E-state index is -3.42. The third-order valence-corrected chi connectivity index (χ3v) is 4.49. The maximum absolute atomic E-state index is 12.0. The number of fused-ring (bicyclic) bond motifs is 1. The van der Waals surface area contributed by atoms with Crippen LogP contribution in [0.25, 0.3) is 6.08 Å². The number of hydrogen-bond donors (Lipinski definition) is 1. The molecule has 86 valence electrons. The van der Waals surface area contributed by atoms with Gasteiger partial charge in [-0.25, -0.2) is 8.42 Å². The predicted molar refractivity (Wildman–Crippen MR) is 59.9 cm³/mol. The Balaban J connectivity index is 2.62. The SMILES string of the molecule is COc1cccc2c1C=C(CCO)S2(=O)=O. The van der Waals surface area contributed by atoms with Crippen molar-refractivity contribution in [1.82, 2.24) is 0 Å². The van der Waals surface area contributed by atoms with Crippen LogP contribution in [0.15, 0.2) is 28.0 Å². The van der Waals surface area contributed by atoms with Gasteiger partial charge in [-0.05, 0) is 18.2 Å². The van der Waals surface area contributed by atoms with E-state index in [0.29, 0.717) is 11.3 Å². The number of ether oxygens (including phenoxy) is 1. The van der Waals surface area contributed by atoms with E-state index in [1.54, 1.807) is 24.3 Å². The lowest BCUT2D eigenvalue weighted by molar-refractivity contribution is 0.301. The summed E-state index contributed by atoms with van der Waals surface area (Å²) in [4.78, 5) is 0.504. The Labute approximate surface area is 94.1 Å². The van der Waals surface area contributed by atoms with Gasteiger partial charge in [0.2, 0.25) is 9.84 Å². The van der Waals surface area contributed by atoms with E-state index in [0.717, 1.165) is 0 Å². The number of benzene rings is 1. The number of rotatable bonds is 3. The van der Waals surface area contributed by atoms with Crippen molar-refractivity contribution in [2.75, 3.05) is 13.7 Å². The molecule has 0 saturated carbocycles. The van der Waals surface area contributed by atoms with Crippen LogP contribution >= 0.6 is 0 Å². The fourth-order valence-corrected chi connectivity index (χ4v) is 3.40. The van der Waals surface area contributed by atoms with E-state index in [1.165, 1.54) is 7.11 Å². The van der Waals surface area contributed by atoms with Crippen molar-refractivity contribution in [3.63, 3.8) is 0 Å². The standard InChI is InChI=1S/C11H12O4S/c1-15-10-3-2-4-11-9(10)7-8(5-6-12)16(11,13)14/h2-4,7,12H,5-6H2,1H3. The average Bonchev–Trinajstić information content (AvgIpc) is 2.52. The van der Waals surface area contributed by atoms with E-state index in [1.807, 2.05) is 0 Å². The fourth-order valence-electron chi connectivity index (χ4n) is 1.78. The van der Waals surface area contributed by atoms with Crippen molar-refractivity contribution < 1.29 is 18.3 Å². The molecule has 5 heteroatoms. The molecule has 1 heterocycles. The first kappa shape index (κ1) is 11.2. The molecular weight excluding hydrogens is 228 g/mol. The summed E-state index contributed by atoms with van der Waals surface area (Å²) in [6, 6.07) is 4.91. The molecule has 0 aliphatic carbocycles. The molecule has 2 rings (SSSR count). The van der Waals surface area contributed by atoms with E-state index < -0.39 is 9.84 Å². The lowest BCUT2D eigenvalue weighted by Crippen LogP contribution is -2.02. The minimum Gasteiger partial charge on any atom is -0.496 e. The zero-order valence-electron chi connectivity index (χ0n) is 8.80. The van der Waals surface area contributed by atoms with E-state index in [-0.39, 0.29) is 22.8 Å². The Morgan fingerprint density at radius 2 is 2.12 bits per heavy atom. The van der Waals surface area contributed by atoms with Gasteiger partial charge in [-0.3, -0.25) is 0 Å². The van der Waals surface area contributed by atoms with Crippen molar-refractivity contribution in [2.24, 2.45) is 0 Å². The molecule has 0 bridgehead atoms. The van der Waals surface area contributed by atoms with Gasteiger partial charge >= 0.3 is 0 Å². The largest absolute Gasteiger partial charge is 0.496 e. The highest BCUT2D eigenvalue weighted by Gasteiger charge is 2.30. The van der Waals surface area contributed by atoms with Gasteiger partial charge in [0, 0.05) is 18.6 Å². The monoisotopic (exact) mass is 240 g/mol. The Morgan fingerprint density at radius 1 is 1.38 bits per heavy atom. The third-order valence-electron chi connectivity index (χ3n) is 2.54. The molecule has 0 unspecified atom stereocenters. The minimum absolute atomic E-state index is 0.139. The molecule has 0 fully saturated rings. The van der Waals surface area contributed by atoms with Crippen LogP contribution in [0.1, 0.15) is 12.0 Å². The molecule has 0 saturated heterocycles. The topological polar surface area (TPSA) is 63.6 Å². The molecule has 0 amide bonds. The molecule has 16 heavy (non-hydrogen) atoms. The number of aliphatic hydroxyl groups is 1. The summed E-state index contributed by atoms with van der Waals surface area (Å²) in [5.41, 5.74) is 0.577. The Bertz CT molecular complexity index is 543. The summed E-state index contributed by atoms with van der Waals surface area (Å²) >= 11 is 0. The predicted octanol–water partition coefficient (Wildman–Crippen LogP) is 1.21. The molecule has 1 aromatic carbocycles. The average molecular weight is 240 g/mol. The summed E-state index contributed by atoms with van der Waals surface area (Å²) in [7, 11) is -1.92. The van der Waals surface area contributed by atoms with Crippen LogP contribution in [-0.2, 0) is 9.84 Å². The first-order chi connectivity index (χ1) is 7.61. The number of methoxy groups -OCH3 is 1. The second kappa shape index (κ2) is 3.92. The van der Waals surface area contributed by atoms with E-state index in [2.05, 4.69) is 0 Å². The zero-order valence-corrected chi connectivity index (χ0v) is 9.62. The van der Waals surface area contributed by atoms with Crippen LogP contribution in [0.3, 0.4) is 0 Å². The Morgan fingerprint density at radius 3 is 2.75 bits per heavy atom. The lowest BCUT2D eigenvalue weighted by Gasteiger charge is -2.04. The fraction of sp³-hybridized carbons (Fsp3) is 0.273. The summed E-state index contributed by atoms with van der Waals surface area (Å²) in [5.74, 6) is 0.536. The highest BCUT2D eigenvalue weighted by Crippen LogP contribution is 2.38. The second-order valence-corrected chi connectivity index (χ2v) is 5.43. The molecular formula is C11H12O4S. The quantitative estimate of drug-likeness (QED) is 0.862. The summed E-state index contributed by atoms with van der Waals surface area (Å²) < 4.78 is 29.1. The molecule has 0 spiro atoms. The van der Waals surface area contributed by atoms with Crippen LogP contribution in [0.4, 0.5) is 0 Å². The molecule has 1 aliphatic heterocycles. The highest BCUT2D eigenvalue weighted by atomic mass is 32.2. The van der Waals surface area contributed by atoms with Crippen molar-refractivity contribution >= 4 is 15.9 Å². The van der Waals surface area contributed by atoms with Crippen LogP contribution < -0.4 is 4.74 Å². The Hall–Kier alpha value is -1.33. The molecule has 0 atom stereocenters. The summed E-state index contributed by atoms with van der Waals surface area (Å²) in [5, 5.41) is 8.83. The van der Waals surface area contributed by atoms with Crippen molar-refractivity contribution in [1.29, 1.82) is 0 Å².